The van der Waals surface area contributed by atoms with Crippen LogP contribution < -0.4 is 5.32 Å². The molecule has 8 heteroatoms. The van der Waals surface area contributed by atoms with Crippen molar-refractivity contribution in [2.24, 2.45) is 0 Å². The summed E-state index contributed by atoms with van der Waals surface area (Å²) < 4.78 is 0. The molecule has 2 N–H and O–H groups in total. The summed E-state index contributed by atoms with van der Waals surface area (Å²) in [5.74, 6) is 0.505. The van der Waals surface area contributed by atoms with Crippen LogP contribution in [0.4, 0.5) is 10.7 Å². The van der Waals surface area contributed by atoms with Crippen molar-refractivity contribution in [3.63, 3.8) is 0 Å². The molecule has 0 saturated carbocycles. The first-order valence-corrected chi connectivity index (χ1v) is 8.93. The van der Waals surface area contributed by atoms with Crippen molar-refractivity contribution in [1.82, 2.24) is 19.8 Å². The summed E-state index contributed by atoms with van der Waals surface area (Å²) in [7, 11) is 0. The molecule has 0 spiro atoms. The van der Waals surface area contributed by atoms with Crippen molar-refractivity contribution in [3.05, 3.63) is 52.8 Å². The quantitative estimate of drug-likeness (QED) is 0.781. The minimum absolute atomic E-state index is 0.0571. The zero-order chi connectivity index (χ0) is 18.5. The Morgan fingerprint density at radius 2 is 1.92 bits per heavy atom. The fourth-order valence-electron chi connectivity index (χ4n) is 2.95. The van der Waals surface area contributed by atoms with Crippen LogP contribution in [0.15, 0.2) is 36.5 Å². The summed E-state index contributed by atoms with van der Waals surface area (Å²) in [5, 5.41) is 12.7. The Balaban J connectivity index is 1.54. The van der Waals surface area contributed by atoms with Gasteiger partial charge in [0.1, 0.15) is 5.15 Å². The van der Waals surface area contributed by atoms with Crippen molar-refractivity contribution >= 4 is 23.6 Å². The summed E-state index contributed by atoms with van der Waals surface area (Å²) in [5.41, 5.74) is 2.34. The van der Waals surface area contributed by atoms with E-state index in [2.05, 4.69) is 44.5 Å². The number of benzene rings is 1. The minimum Gasteiger partial charge on any atom is -0.465 e. The van der Waals surface area contributed by atoms with Gasteiger partial charge in [-0.1, -0.05) is 35.9 Å². The summed E-state index contributed by atoms with van der Waals surface area (Å²) in [6, 6.07) is 10.1. The van der Waals surface area contributed by atoms with Gasteiger partial charge in [-0.15, -0.1) is 0 Å². The molecule has 1 atom stereocenters. The molecule has 2 heterocycles. The summed E-state index contributed by atoms with van der Waals surface area (Å²) in [4.78, 5) is 23.0. The van der Waals surface area contributed by atoms with Gasteiger partial charge in [-0.25, -0.2) is 14.8 Å². The number of aromatic nitrogens is 2. The first-order valence-electron chi connectivity index (χ1n) is 8.55. The number of amides is 1. The maximum absolute atomic E-state index is 11.0. The van der Waals surface area contributed by atoms with Crippen LogP contribution in [-0.2, 0) is 6.54 Å². The molecule has 1 aliphatic rings. The molecular weight excluding hydrogens is 354 g/mol. The summed E-state index contributed by atoms with van der Waals surface area (Å²) >= 11 is 5.88. The van der Waals surface area contributed by atoms with E-state index in [1.807, 2.05) is 6.92 Å². The second-order valence-corrected chi connectivity index (χ2v) is 6.74. The third-order valence-corrected chi connectivity index (χ3v) is 4.71. The van der Waals surface area contributed by atoms with E-state index in [0.717, 1.165) is 25.2 Å². The van der Waals surface area contributed by atoms with Crippen molar-refractivity contribution in [1.29, 1.82) is 0 Å². The molecule has 0 radical (unpaired) electrons. The molecule has 1 fully saturated rings. The number of carbonyl (C=O) groups is 1. The molecular formula is C18H22ClN5O2. The van der Waals surface area contributed by atoms with E-state index < -0.39 is 6.09 Å². The molecule has 3 rings (SSSR count). The molecule has 2 aromatic rings. The van der Waals surface area contributed by atoms with Crippen LogP contribution in [0.2, 0.25) is 5.15 Å². The lowest BCUT2D eigenvalue weighted by Crippen LogP contribution is -2.47. The normalized spacial score (nSPS) is 16.3. The Morgan fingerprint density at radius 1 is 1.23 bits per heavy atom. The van der Waals surface area contributed by atoms with Gasteiger partial charge in [0.25, 0.3) is 0 Å². The van der Waals surface area contributed by atoms with E-state index in [0.29, 0.717) is 24.2 Å². The van der Waals surface area contributed by atoms with Crippen molar-refractivity contribution in [3.8, 4) is 0 Å². The summed E-state index contributed by atoms with van der Waals surface area (Å²) in [6.45, 7) is 5.52. The lowest BCUT2D eigenvalue weighted by molar-refractivity contribution is 0.103. The molecule has 1 aliphatic heterocycles. The molecule has 1 saturated heterocycles. The Bertz CT molecular complexity index is 748. The van der Waals surface area contributed by atoms with Crippen LogP contribution in [0.3, 0.4) is 0 Å². The number of nitrogens with zero attached hydrogens (tertiary/aromatic N) is 4. The van der Waals surface area contributed by atoms with Gasteiger partial charge in [0.15, 0.2) is 0 Å². The predicted octanol–water partition coefficient (Wildman–Crippen LogP) is 3.10. The number of halogens is 1. The molecule has 26 heavy (non-hydrogen) atoms. The first-order chi connectivity index (χ1) is 12.5. The zero-order valence-electron chi connectivity index (χ0n) is 14.6. The van der Waals surface area contributed by atoms with Gasteiger partial charge >= 0.3 is 6.09 Å². The number of piperazine rings is 1. The van der Waals surface area contributed by atoms with Gasteiger partial charge in [0.2, 0.25) is 5.95 Å². The third-order valence-electron chi connectivity index (χ3n) is 4.50. The molecule has 0 bridgehead atoms. The van der Waals surface area contributed by atoms with E-state index in [4.69, 9.17) is 16.7 Å². The van der Waals surface area contributed by atoms with E-state index in [1.165, 1.54) is 10.5 Å². The van der Waals surface area contributed by atoms with Gasteiger partial charge in [-0.05, 0) is 24.1 Å². The van der Waals surface area contributed by atoms with Gasteiger partial charge in [0.05, 0.1) is 6.04 Å². The minimum atomic E-state index is -0.834. The van der Waals surface area contributed by atoms with Crippen molar-refractivity contribution < 1.29 is 9.90 Å². The van der Waals surface area contributed by atoms with E-state index in [-0.39, 0.29) is 6.04 Å². The Hall–Kier alpha value is -2.38. The number of hydrogen-bond acceptors (Lipinski definition) is 5. The molecule has 1 unspecified atom stereocenters. The Kier molecular flexibility index (Phi) is 5.90. The van der Waals surface area contributed by atoms with Gasteiger partial charge in [-0.3, -0.25) is 4.90 Å². The van der Waals surface area contributed by atoms with Crippen LogP contribution in [0, 0.1) is 0 Å². The lowest BCUT2D eigenvalue weighted by Gasteiger charge is -2.33. The standard InChI is InChI=1S/C18H22ClN5O2/c1-13(21-17-20-7-6-16(19)22-17)15-4-2-14(3-5-15)12-23-8-10-24(11-9-23)18(25)26/h2-7,13H,8-12H2,1H3,(H,25,26)(H,20,21,22). The number of carboxylic acid groups (broad SMARTS) is 1. The second kappa shape index (κ2) is 8.33. The predicted molar refractivity (Wildman–Crippen MR) is 100 cm³/mol. The highest BCUT2D eigenvalue weighted by Crippen LogP contribution is 2.19. The average Bonchev–Trinajstić information content (AvgIpc) is 2.63. The van der Waals surface area contributed by atoms with Crippen molar-refractivity contribution in [2.45, 2.75) is 19.5 Å². The van der Waals surface area contributed by atoms with Crippen molar-refractivity contribution in [2.75, 3.05) is 31.5 Å². The summed E-state index contributed by atoms with van der Waals surface area (Å²) in [6.07, 6.45) is 0.789. The molecule has 1 amide bonds. The van der Waals surface area contributed by atoms with E-state index >= 15 is 0 Å². The zero-order valence-corrected chi connectivity index (χ0v) is 15.4. The van der Waals surface area contributed by atoms with Crippen LogP contribution in [-0.4, -0.2) is 57.1 Å². The second-order valence-electron chi connectivity index (χ2n) is 6.36. The maximum atomic E-state index is 11.0. The molecule has 1 aromatic heterocycles. The van der Waals surface area contributed by atoms with E-state index in [1.54, 1.807) is 12.3 Å². The van der Waals surface area contributed by atoms with Gasteiger partial charge < -0.3 is 15.3 Å². The van der Waals surface area contributed by atoms with Crippen LogP contribution in [0.5, 0.6) is 0 Å². The molecule has 7 nitrogen and oxygen atoms in total. The van der Waals surface area contributed by atoms with Crippen LogP contribution in [0.1, 0.15) is 24.1 Å². The lowest BCUT2D eigenvalue weighted by atomic mass is 10.1. The number of nitrogens with one attached hydrogen (secondary N) is 1. The largest absolute Gasteiger partial charge is 0.465 e. The van der Waals surface area contributed by atoms with Crippen LogP contribution in [0.25, 0.3) is 0 Å². The smallest absolute Gasteiger partial charge is 0.407 e. The fourth-order valence-corrected chi connectivity index (χ4v) is 3.09. The SMILES string of the molecule is CC(Nc1nccc(Cl)n1)c1ccc(CN2CCN(C(=O)O)CC2)cc1. The monoisotopic (exact) mass is 375 g/mol. The average molecular weight is 376 g/mol. The van der Waals surface area contributed by atoms with Crippen LogP contribution >= 0.6 is 11.6 Å². The maximum Gasteiger partial charge on any atom is 0.407 e. The third kappa shape index (κ3) is 4.83. The number of hydrogen-bond donors (Lipinski definition) is 2. The van der Waals surface area contributed by atoms with E-state index in [9.17, 15) is 4.79 Å². The highest BCUT2D eigenvalue weighted by molar-refractivity contribution is 6.29. The first kappa shape index (κ1) is 18.4. The highest BCUT2D eigenvalue weighted by Gasteiger charge is 2.20. The fraction of sp³-hybridized carbons (Fsp3) is 0.389. The molecule has 1 aromatic carbocycles. The van der Waals surface area contributed by atoms with Gasteiger partial charge in [0, 0.05) is 38.9 Å². The topological polar surface area (TPSA) is 81.6 Å². The molecule has 0 aliphatic carbocycles. The number of rotatable bonds is 5. The highest BCUT2D eigenvalue weighted by atomic mass is 35.5. The Morgan fingerprint density at radius 3 is 2.54 bits per heavy atom. The van der Waals surface area contributed by atoms with Gasteiger partial charge in [-0.2, -0.15) is 0 Å². The molecule has 138 valence electrons. The number of anilines is 1. The Labute approximate surface area is 157 Å².